The summed E-state index contributed by atoms with van der Waals surface area (Å²) in [5.74, 6) is 0.725. The summed E-state index contributed by atoms with van der Waals surface area (Å²) < 4.78 is 20.5. The number of ether oxygens (including phenoxy) is 4. The summed E-state index contributed by atoms with van der Waals surface area (Å²) in [5, 5.41) is 0. The van der Waals surface area contributed by atoms with Gasteiger partial charge in [0.15, 0.2) is 11.5 Å². The van der Waals surface area contributed by atoms with Gasteiger partial charge in [0.25, 0.3) is 0 Å². The summed E-state index contributed by atoms with van der Waals surface area (Å²) in [7, 11) is 5.94. The summed E-state index contributed by atoms with van der Waals surface area (Å²) in [6, 6.07) is 3.50. The fourth-order valence-electron chi connectivity index (χ4n) is 1.77. The smallest absolute Gasteiger partial charge is 0.312 e. The first kappa shape index (κ1) is 14.2. The quantitative estimate of drug-likeness (QED) is 0.752. The van der Waals surface area contributed by atoms with Crippen LogP contribution in [0.15, 0.2) is 12.1 Å². The number of benzene rings is 1. The zero-order valence-electron chi connectivity index (χ0n) is 11.3. The van der Waals surface area contributed by atoms with Crippen LogP contribution >= 0.6 is 0 Å². The molecule has 1 aromatic rings. The summed E-state index contributed by atoms with van der Waals surface area (Å²) in [6.45, 7) is 1.75. The number of rotatable bonds is 5. The summed E-state index contributed by atoms with van der Waals surface area (Å²) >= 11 is 0. The zero-order chi connectivity index (χ0) is 13.7. The van der Waals surface area contributed by atoms with Gasteiger partial charge in [0.05, 0.1) is 34.4 Å². The minimum atomic E-state index is -0.440. The number of esters is 1. The highest BCUT2D eigenvalue weighted by atomic mass is 16.5. The van der Waals surface area contributed by atoms with Gasteiger partial charge in [0.2, 0.25) is 5.75 Å². The molecule has 0 saturated heterocycles. The van der Waals surface area contributed by atoms with Gasteiger partial charge in [0, 0.05) is 5.56 Å². The van der Waals surface area contributed by atoms with Gasteiger partial charge in [-0.15, -0.1) is 0 Å². The lowest BCUT2D eigenvalue weighted by molar-refractivity contribution is -0.142. The van der Waals surface area contributed by atoms with Gasteiger partial charge < -0.3 is 18.9 Å². The minimum absolute atomic E-state index is 0.333. The lowest BCUT2D eigenvalue weighted by Crippen LogP contribution is -2.12. The number of hydrogen-bond acceptors (Lipinski definition) is 5. The van der Waals surface area contributed by atoms with Crippen molar-refractivity contribution in [3.63, 3.8) is 0 Å². The molecule has 1 rings (SSSR count). The normalized spacial score (nSPS) is 11.6. The molecule has 0 aromatic heterocycles. The fraction of sp³-hybridized carbons (Fsp3) is 0.462. The van der Waals surface area contributed by atoms with Crippen molar-refractivity contribution in [2.75, 3.05) is 28.4 Å². The molecular formula is C13H18O5. The predicted molar refractivity (Wildman–Crippen MR) is 66.5 cm³/mol. The summed E-state index contributed by atoms with van der Waals surface area (Å²) in [4.78, 5) is 11.6. The molecule has 5 nitrogen and oxygen atoms in total. The molecule has 0 saturated carbocycles. The third kappa shape index (κ3) is 2.50. The van der Waals surface area contributed by atoms with Crippen LogP contribution in [-0.4, -0.2) is 34.4 Å². The molecule has 0 amide bonds. The maximum absolute atomic E-state index is 11.6. The van der Waals surface area contributed by atoms with E-state index < -0.39 is 5.92 Å². The summed E-state index contributed by atoms with van der Waals surface area (Å²) in [5.41, 5.74) is 0.696. The van der Waals surface area contributed by atoms with Crippen molar-refractivity contribution in [2.45, 2.75) is 12.8 Å². The maximum Gasteiger partial charge on any atom is 0.312 e. The van der Waals surface area contributed by atoms with Gasteiger partial charge in [-0.1, -0.05) is 6.07 Å². The Hall–Kier alpha value is -1.91. The predicted octanol–water partition coefficient (Wildman–Crippen LogP) is 1.99. The number of methoxy groups -OCH3 is 4. The van der Waals surface area contributed by atoms with E-state index in [9.17, 15) is 4.79 Å². The molecular weight excluding hydrogens is 236 g/mol. The number of hydrogen-bond donors (Lipinski definition) is 0. The van der Waals surface area contributed by atoms with Crippen LogP contribution in [0.25, 0.3) is 0 Å². The van der Waals surface area contributed by atoms with Crippen molar-refractivity contribution >= 4 is 5.97 Å². The molecule has 0 spiro atoms. The van der Waals surface area contributed by atoms with E-state index in [1.54, 1.807) is 26.2 Å². The van der Waals surface area contributed by atoms with E-state index in [4.69, 9.17) is 18.9 Å². The van der Waals surface area contributed by atoms with Gasteiger partial charge in [-0.3, -0.25) is 4.79 Å². The first-order chi connectivity index (χ1) is 8.60. The molecule has 0 aliphatic heterocycles. The van der Waals surface area contributed by atoms with Crippen molar-refractivity contribution in [3.8, 4) is 17.2 Å². The van der Waals surface area contributed by atoms with E-state index in [1.807, 2.05) is 0 Å². The molecule has 0 bridgehead atoms. The molecule has 1 atom stereocenters. The van der Waals surface area contributed by atoms with Gasteiger partial charge in [-0.25, -0.2) is 0 Å². The first-order valence-electron chi connectivity index (χ1n) is 5.47. The first-order valence-corrected chi connectivity index (χ1v) is 5.47. The van der Waals surface area contributed by atoms with Crippen LogP contribution in [0.5, 0.6) is 17.2 Å². The second kappa shape index (κ2) is 6.14. The molecule has 1 unspecified atom stereocenters. The Labute approximate surface area is 107 Å². The van der Waals surface area contributed by atoms with E-state index in [0.717, 1.165) is 0 Å². The van der Waals surface area contributed by atoms with Gasteiger partial charge in [-0.2, -0.15) is 0 Å². The highest BCUT2D eigenvalue weighted by Crippen LogP contribution is 2.42. The molecule has 5 heteroatoms. The van der Waals surface area contributed by atoms with Crippen LogP contribution < -0.4 is 14.2 Å². The van der Waals surface area contributed by atoms with Crippen molar-refractivity contribution in [2.24, 2.45) is 0 Å². The molecule has 0 N–H and O–H groups in total. The van der Waals surface area contributed by atoms with Crippen molar-refractivity contribution in [1.82, 2.24) is 0 Å². The second-order valence-corrected chi connectivity index (χ2v) is 3.67. The Balaban J connectivity index is 3.33. The standard InChI is InChI=1S/C13H18O5/c1-8(13(14)18-5)9-6-7-10(15-2)12(17-4)11(9)16-3/h6-8H,1-5H3. The molecule has 0 aliphatic carbocycles. The van der Waals surface area contributed by atoms with Crippen LogP contribution in [0, 0.1) is 0 Å². The van der Waals surface area contributed by atoms with Crippen LogP contribution in [0.2, 0.25) is 0 Å². The third-order valence-corrected chi connectivity index (χ3v) is 2.76. The molecule has 1 aromatic carbocycles. The Kier molecular flexibility index (Phi) is 4.83. The Morgan fingerprint density at radius 1 is 1.00 bits per heavy atom. The monoisotopic (exact) mass is 254 g/mol. The van der Waals surface area contributed by atoms with Gasteiger partial charge >= 0.3 is 5.97 Å². The van der Waals surface area contributed by atoms with Crippen molar-refractivity contribution in [1.29, 1.82) is 0 Å². The second-order valence-electron chi connectivity index (χ2n) is 3.67. The minimum Gasteiger partial charge on any atom is -0.493 e. The SMILES string of the molecule is COC(=O)C(C)c1ccc(OC)c(OC)c1OC. The maximum atomic E-state index is 11.6. The number of carbonyl (C=O) groups is 1. The van der Waals surface area contributed by atoms with Gasteiger partial charge in [0.1, 0.15) is 0 Å². The Bertz CT molecular complexity index is 428. The Morgan fingerprint density at radius 3 is 2.06 bits per heavy atom. The highest BCUT2D eigenvalue weighted by Gasteiger charge is 2.24. The summed E-state index contributed by atoms with van der Waals surface area (Å²) in [6.07, 6.45) is 0. The lowest BCUT2D eigenvalue weighted by Gasteiger charge is -2.18. The Morgan fingerprint density at radius 2 is 1.61 bits per heavy atom. The van der Waals surface area contributed by atoms with E-state index >= 15 is 0 Å². The van der Waals surface area contributed by atoms with E-state index in [2.05, 4.69) is 0 Å². The van der Waals surface area contributed by atoms with Crippen LogP contribution in [0.1, 0.15) is 18.4 Å². The molecule has 0 fully saturated rings. The van der Waals surface area contributed by atoms with E-state index in [1.165, 1.54) is 21.3 Å². The molecule has 0 radical (unpaired) electrons. The number of carbonyl (C=O) groups excluding carboxylic acids is 1. The van der Waals surface area contributed by atoms with Crippen LogP contribution in [-0.2, 0) is 9.53 Å². The zero-order valence-corrected chi connectivity index (χ0v) is 11.3. The lowest BCUT2D eigenvalue weighted by atomic mass is 9.99. The third-order valence-electron chi connectivity index (χ3n) is 2.76. The van der Waals surface area contributed by atoms with Crippen LogP contribution in [0.4, 0.5) is 0 Å². The van der Waals surface area contributed by atoms with E-state index in [-0.39, 0.29) is 5.97 Å². The van der Waals surface area contributed by atoms with Gasteiger partial charge in [-0.05, 0) is 13.0 Å². The highest BCUT2D eigenvalue weighted by molar-refractivity contribution is 5.79. The topological polar surface area (TPSA) is 54.0 Å². The molecule has 18 heavy (non-hydrogen) atoms. The molecule has 0 heterocycles. The van der Waals surface area contributed by atoms with E-state index in [0.29, 0.717) is 22.8 Å². The average molecular weight is 254 g/mol. The average Bonchev–Trinajstić information content (AvgIpc) is 2.43. The van der Waals surface area contributed by atoms with Crippen LogP contribution in [0.3, 0.4) is 0 Å². The van der Waals surface area contributed by atoms with Crippen molar-refractivity contribution < 1.29 is 23.7 Å². The fourth-order valence-corrected chi connectivity index (χ4v) is 1.77. The largest absolute Gasteiger partial charge is 0.493 e. The molecule has 0 aliphatic rings. The van der Waals surface area contributed by atoms with Crippen molar-refractivity contribution in [3.05, 3.63) is 17.7 Å². The molecule has 100 valence electrons.